The van der Waals surface area contributed by atoms with Crippen LogP contribution in [0.2, 0.25) is 0 Å². The number of thioether (sulfide) groups is 1. The second kappa shape index (κ2) is 12.3. The van der Waals surface area contributed by atoms with Crippen molar-refractivity contribution in [2.75, 3.05) is 11.5 Å². The molecule has 0 saturated carbocycles. The maximum atomic E-state index is 7.01. The van der Waals surface area contributed by atoms with E-state index in [2.05, 4.69) is 18.7 Å². The van der Waals surface area contributed by atoms with Crippen LogP contribution in [0.4, 0.5) is 0 Å². The van der Waals surface area contributed by atoms with E-state index in [9.17, 15) is 0 Å². The standard InChI is InChI=1S/C12H26S/c1-3-5-7-8-10-12-13-11-9-6-4-2/h3-12H2,1-2H3/i2D. The van der Waals surface area contributed by atoms with Crippen LogP contribution in [0, 0.1) is 0 Å². The second-order valence-electron chi connectivity index (χ2n) is 3.59. The highest BCUT2D eigenvalue weighted by Crippen LogP contribution is 2.10. The first-order chi connectivity index (χ1) is 6.91. The average molecular weight is 203 g/mol. The Hall–Kier alpha value is 0.350. The van der Waals surface area contributed by atoms with Gasteiger partial charge >= 0.3 is 0 Å². The van der Waals surface area contributed by atoms with Gasteiger partial charge in [-0.1, -0.05) is 52.3 Å². The Balaban J connectivity index is 2.78. The molecule has 0 aliphatic rings. The molecule has 0 atom stereocenters. The van der Waals surface area contributed by atoms with Gasteiger partial charge in [0.05, 0.1) is 0 Å². The molecule has 0 fully saturated rings. The Morgan fingerprint density at radius 1 is 0.846 bits per heavy atom. The van der Waals surface area contributed by atoms with Gasteiger partial charge < -0.3 is 0 Å². The van der Waals surface area contributed by atoms with Crippen molar-refractivity contribution in [3.8, 4) is 0 Å². The molecule has 0 N–H and O–H groups in total. The molecule has 0 rings (SSSR count). The monoisotopic (exact) mass is 203 g/mol. The highest BCUT2D eigenvalue weighted by molar-refractivity contribution is 7.99. The Morgan fingerprint density at radius 2 is 1.46 bits per heavy atom. The lowest BCUT2D eigenvalue weighted by molar-refractivity contribution is 0.659. The molecule has 0 heterocycles. The van der Waals surface area contributed by atoms with Crippen LogP contribution in [-0.2, 0) is 0 Å². The van der Waals surface area contributed by atoms with Crippen LogP contribution in [0.15, 0.2) is 0 Å². The molecule has 0 aliphatic carbocycles. The minimum Gasteiger partial charge on any atom is -0.162 e. The molecule has 0 aliphatic heterocycles. The third kappa shape index (κ3) is 12.4. The van der Waals surface area contributed by atoms with E-state index in [1.165, 1.54) is 56.5 Å². The smallest absolute Gasteiger partial charge is 0.0230 e. The normalized spacial score (nSPS) is 11.6. The topological polar surface area (TPSA) is 0 Å². The average Bonchev–Trinajstić information content (AvgIpc) is 2.21. The highest BCUT2D eigenvalue weighted by Gasteiger charge is 1.90. The molecule has 1 heteroatoms. The van der Waals surface area contributed by atoms with E-state index >= 15 is 0 Å². The van der Waals surface area contributed by atoms with Crippen LogP contribution in [0.25, 0.3) is 0 Å². The van der Waals surface area contributed by atoms with Crippen LogP contribution in [0.1, 0.15) is 66.6 Å². The van der Waals surface area contributed by atoms with Gasteiger partial charge in [0, 0.05) is 1.37 Å². The van der Waals surface area contributed by atoms with Gasteiger partial charge in [-0.05, 0) is 24.3 Å². The molecule has 0 spiro atoms. The summed E-state index contributed by atoms with van der Waals surface area (Å²) in [5, 5.41) is 0. The van der Waals surface area contributed by atoms with Gasteiger partial charge in [-0.15, -0.1) is 0 Å². The van der Waals surface area contributed by atoms with Crippen molar-refractivity contribution in [3.05, 3.63) is 0 Å². The Bertz CT molecular complexity index is 84.3. The quantitative estimate of drug-likeness (QED) is 0.456. The predicted octanol–water partition coefficient (Wildman–Crippen LogP) is 4.88. The van der Waals surface area contributed by atoms with E-state index in [1.807, 2.05) is 0 Å². The molecule has 0 aromatic carbocycles. The zero-order chi connectivity index (χ0) is 10.5. The van der Waals surface area contributed by atoms with Gasteiger partial charge in [-0.3, -0.25) is 0 Å². The molecule has 0 aromatic heterocycles. The van der Waals surface area contributed by atoms with E-state index in [0.29, 0.717) is 6.90 Å². The predicted molar refractivity (Wildman–Crippen MR) is 65.6 cm³/mol. The summed E-state index contributed by atoms with van der Waals surface area (Å²) in [5.74, 6) is 2.67. The number of hydrogen-bond acceptors (Lipinski definition) is 1. The van der Waals surface area contributed by atoms with Gasteiger partial charge in [0.15, 0.2) is 0 Å². The summed E-state index contributed by atoms with van der Waals surface area (Å²) in [6, 6.07) is 0. The van der Waals surface area contributed by atoms with Crippen molar-refractivity contribution < 1.29 is 1.37 Å². The summed E-state index contributed by atoms with van der Waals surface area (Å²) in [4.78, 5) is 0. The zero-order valence-electron chi connectivity index (χ0n) is 10.2. The van der Waals surface area contributed by atoms with E-state index < -0.39 is 0 Å². The van der Waals surface area contributed by atoms with E-state index in [-0.39, 0.29) is 0 Å². The molecule has 0 bridgehead atoms. The van der Waals surface area contributed by atoms with E-state index in [0.717, 1.165) is 6.42 Å². The summed E-state index contributed by atoms with van der Waals surface area (Å²) in [6.45, 7) is 2.88. The minimum atomic E-state index is 0.613. The molecule has 0 aromatic rings. The fourth-order valence-corrected chi connectivity index (χ4v) is 2.31. The van der Waals surface area contributed by atoms with Gasteiger partial charge in [-0.2, -0.15) is 11.8 Å². The summed E-state index contributed by atoms with van der Waals surface area (Å²) in [6.07, 6.45) is 10.7. The third-order valence-electron chi connectivity index (χ3n) is 2.18. The lowest BCUT2D eigenvalue weighted by Crippen LogP contribution is -1.85. The van der Waals surface area contributed by atoms with Crippen molar-refractivity contribution >= 4 is 11.8 Å². The summed E-state index contributed by atoms with van der Waals surface area (Å²) in [5.41, 5.74) is 0. The highest BCUT2D eigenvalue weighted by atomic mass is 32.2. The van der Waals surface area contributed by atoms with Gasteiger partial charge in [0.25, 0.3) is 0 Å². The molecule has 0 saturated heterocycles. The van der Waals surface area contributed by atoms with Crippen LogP contribution < -0.4 is 0 Å². The summed E-state index contributed by atoms with van der Waals surface area (Å²) < 4.78 is 7.01. The van der Waals surface area contributed by atoms with Gasteiger partial charge in [-0.25, -0.2) is 0 Å². The molecular weight excluding hydrogens is 176 g/mol. The van der Waals surface area contributed by atoms with Crippen molar-refractivity contribution in [3.63, 3.8) is 0 Å². The second-order valence-corrected chi connectivity index (χ2v) is 4.81. The SMILES string of the molecule is [2H]CCCCCSCCCCCCC. The molecule has 0 radical (unpaired) electrons. The first-order valence-corrected chi connectivity index (χ1v) is 6.94. The van der Waals surface area contributed by atoms with Gasteiger partial charge in [0.1, 0.15) is 0 Å². The maximum absolute atomic E-state index is 7.01. The minimum absolute atomic E-state index is 0.613. The van der Waals surface area contributed by atoms with Gasteiger partial charge in [0.2, 0.25) is 0 Å². The Kier molecular flexibility index (Phi) is 10.9. The van der Waals surface area contributed by atoms with E-state index in [1.54, 1.807) is 0 Å². The molecule has 0 nitrogen and oxygen atoms in total. The number of unbranched alkanes of at least 4 members (excludes halogenated alkanes) is 6. The molecule has 13 heavy (non-hydrogen) atoms. The fourth-order valence-electron chi connectivity index (χ4n) is 1.29. The maximum Gasteiger partial charge on any atom is 0.0230 e. The first-order valence-electron chi connectivity index (χ1n) is 6.49. The van der Waals surface area contributed by atoms with Crippen molar-refractivity contribution in [1.29, 1.82) is 0 Å². The molecular formula is C12H26S. The fraction of sp³-hybridized carbons (Fsp3) is 1.00. The van der Waals surface area contributed by atoms with E-state index in [4.69, 9.17) is 1.37 Å². The Labute approximate surface area is 90.3 Å². The van der Waals surface area contributed by atoms with Crippen molar-refractivity contribution in [2.24, 2.45) is 0 Å². The number of hydrogen-bond donors (Lipinski definition) is 0. The van der Waals surface area contributed by atoms with Crippen molar-refractivity contribution in [2.45, 2.75) is 65.2 Å². The Morgan fingerprint density at radius 3 is 2.15 bits per heavy atom. The van der Waals surface area contributed by atoms with Crippen LogP contribution in [0.5, 0.6) is 0 Å². The molecule has 0 amide bonds. The lowest BCUT2D eigenvalue weighted by atomic mass is 10.2. The first kappa shape index (κ1) is 11.4. The molecule has 80 valence electrons. The van der Waals surface area contributed by atoms with Crippen LogP contribution in [0.3, 0.4) is 0 Å². The lowest BCUT2D eigenvalue weighted by Gasteiger charge is -2.00. The van der Waals surface area contributed by atoms with Crippen molar-refractivity contribution in [1.82, 2.24) is 0 Å². The van der Waals surface area contributed by atoms with Crippen LogP contribution in [-0.4, -0.2) is 11.5 Å². The van der Waals surface area contributed by atoms with Crippen LogP contribution >= 0.6 is 11.8 Å². The largest absolute Gasteiger partial charge is 0.162 e. The number of rotatable bonds is 10. The zero-order valence-corrected chi connectivity index (χ0v) is 10.0. The summed E-state index contributed by atoms with van der Waals surface area (Å²) >= 11 is 2.10. The third-order valence-corrected chi connectivity index (χ3v) is 3.34. The molecule has 0 unspecified atom stereocenters. The summed E-state index contributed by atoms with van der Waals surface area (Å²) in [7, 11) is 0.